The maximum absolute atomic E-state index is 13.5. The molecule has 0 saturated heterocycles. The van der Waals surface area contributed by atoms with Crippen LogP contribution in [0.2, 0.25) is 0 Å². The van der Waals surface area contributed by atoms with Crippen molar-refractivity contribution in [1.82, 2.24) is 15.2 Å². The van der Waals surface area contributed by atoms with Crippen molar-refractivity contribution in [2.75, 3.05) is 0 Å². The van der Waals surface area contributed by atoms with Gasteiger partial charge in [0.05, 0.1) is 0 Å². The van der Waals surface area contributed by atoms with Crippen LogP contribution >= 0.6 is 0 Å². The second-order valence-corrected chi connectivity index (χ2v) is 9.27. The average Bonchev–Trinajstić information content (AvgIpc) is 2.77. The van der Waals surface area contributed by atoms with Crippen LogP contribution in [0, 0.1) is 19.7 Å². The molecule has 2 N–H and O–H groups in total. The average molecular weight is 460 g/mol. The smallest absolute Gasteiger partial charge is 0.253 e. The van der Waals surface area contributed by atoms with Crippen molar-refractivity contribution in [3.63, 3.8) is 0 Å². The van der Waals surface area contributed by atoms with Crippen LogP contribution < -0.4 is 10.9 Å². The molecule has 0 aliphatic carbocycles. The summed E-state index contributed by atoms with van der Waals surface area (Å²) in [5, 5.41) is 2.95. The highest BCUT2D eigenvalue weighted by Crippen LogP contribution is 2.35. The molecule has 0 bridgehead atoms. The minimum atomic E-state index is -0.303. The van der Waals surface area contributed by atoms with Gasteiger partial charge in [0.1, 0.15) is 5.82 Å². The first-order chi connectivity index (χ1) is 16.1. The number of hydrogen-bond donors (Lipinski definition) is 2. The first kappa shape index (κ1) is 23.5. The lowest BCUT2D eigenvalue weighted by Crippen LogP contribution is -2.31. The maximum atomic E-state index is 13.5. The van der Waals surface area contributed by atoms with E-state index in [0.717, 1.165) is 39.1 Å². The van der Waals surface area contributed by atoms with Gasteiger partial charge in [-0.05, 0) is 98.3 Å². The summed E-state index contributed by atoms with van der Waals surface area (Å²) in [5.74, 6) is -0.548. The summed E-state index contributed by atoms with van der Waals surface area (Å²) >= 11 is 0. The van der Waals surface area contributed by atoms with Crippen molar-refractivity contribution in [2.24, 2.45) is 0 Å². The number of hydrogen-bond acceptors (Lipinski definition) is 3. The number of amides is 1. The van der Waals surface area contributed by atoms with Gasteiger partial charge in [0.2, 0.25) is 0 Å². The highest BCUT2D eigenvalue weighted by molar-refractivity contribution is 6.01. The molecule has 6 heteroatoms. The SMILES string of the molecule is CC1=CN(C(C)C)Cc2cc(-c3ccc(F)cc3)cc(C(=O)NCc3c(C)cc(C)[nH]c3=O)c21. The normalized spacial score (nSPS) is 13.0. The fourth-order valence-electron chi connectivity index (χ4n) is 4.53. The Morgan fingerprint density at radius 1 is 1.09 bits per heavy atom. The third kappa shape index (κ3) is 4.67. The fraction of sp³-hybridized carbons (Fsp3) is 0.286. The number of nitrogens with zero attached hydrogens (tertiary/aromatic N) is 1. The van der Waals surface area contributed by atoms with Crippen LogP contribution in [0.1, 0.15) is 59.1 Å². The van der Waals surface area contributed by atoms with Crippen LogP contribution in [-0.2, 0) is 13.1 Å². The van der Waals surface area contributed by atoms with E-state index in [-0.39, 0.29) is 23.8 Å². The van der Waals surface area contributed by atoms with E-state index in [1.807, 2.05) is 32.9 Å². The highest BCUT2D eigenvalue weighted by atomic mass is 19.1. The van der Waals surface area contributed by atoms with Crippen molar-refractivity contribution in [1.29, 1.82) is 0 Å². The van der Waals surface area contributed by atoms with Crippen LogP contribution in [-0.4, -0.2) is 21.8 Å². The van der Waals surface area contributed by atoms with Gasteiger partial charge in [-0.15, -0.1) is 0 Å². The lowest BCUT2D eigenvalue weighted by atomic mass is 9.88. The quantitative estimate of drug-likeness (QED) is 0.543. The summed E-state index contributed by atoms with van der Waals surface area (Å²) in [5.41, 5.74) is 7.19. The Balaban J connectivity index is 1.75. The number of carbonyl (C=O) groups is 1. The zero-order valence-electron chi connectivity index (χ0n) is 20.3. The number of fused-ring (bicyclic) bond motifs is 1. The Morgan fingerprint density at radius 3 is 2.44 bits per heavy atom. The number of rotatable bonds is 5. The molecule has 0 saturated carbocycles. The first-order valence-corrected chi connectivity index (χ1v) is 11.5. The molecule has 0 radical (unpaired) electrons. The fourth-order valence-corrected chi connectivity index (χ4v) is 4.53. The first-order valence-electron chi connectivity index (χ1n) is 11.5. The molecule has 1 amide bonds. The van der Waals surface area contributed by atoms with Crippen molar-refractivity contribution in [3.8, 4) is 11.1 Å². The number of aryl methyl sites for hydroxylation is 2. The largest absolute Gasteiger partial charge is 0.370 e. The Labute approximate surface area is 199 Å². The molecule has 0 spiro atoms. The number of pyridine rings is 1. The van der Waals surface area contributed by atoms with Gasteiger partial charge in [0.25, 0.3) is 11.5 Å². The second kappa shape index (κ2) is 9.29. The number of aromatic nitrogens is 1. The molecule has 0 unspecified atom stereocenters. The summed E-state index contributed by atoms with van der Waals surface area (Å²) in [6.07, 6.45) is 2.09. The Kier molecular flexibility index (Phi) is 6.42. The predicted octanol–water partition coefficient (Wildman–Crippen LogP) is 5.31. The van der Waals surface area contributed by atoms with Crippen LogP contribution in [0.4, 0.5) is 4.39 Å². The number of H-pyrrole nitrogens is 1. The van der Waals surface area contributed by atoms with Crippen LogP contribution in [0.5, 0.6) is 0 Å². The van der Waals surface area contributed by atoms with Crippen molar-refractivity contribution in [3.05, 3.63) is 98.3 Å². The molecule has 176 valence electrons. The lowest BCUT2D eigenvalue weighted by molar-refractivity contribution is 0.0950. The number of benzene rings is 2. The van der Waals surface area contributed by atoms with E-state index in [1.165, 1.54) is 12.1 Å². The van der Waals surface area contributed by atoms with E-state index >= 15 is 0 Å². The van der Waals surface area contributed by atoms with Crippen molar-refractivity contribution in [2.45, 2.75) is 53.8 Å². The molecule has 3 aromatic rings. The summed E-state index contributed by atoms with van der Waals surface area (Å²) in [6.45, 7) is 10.8. The van der Waals surface area contributed by atoms with Gasteiger partial charge in [0.15, 0.2) is 0 Å². The standard InChI is InChI=1S/C28H30FN3O2/c1-16(2)32-14-18(4)26-22(15-32)11-21(20-6-8-23(29)9-7-20)12-24(26)27(33)30-13-25-17(3)10-19(5)31-28(25)34/h6-12,14,16H,13,15H2,1-5H3,(H,30,33)(H,31,34). The van der Waals surface area contributed by atoms with E-state index < -0.39 is 0 Å². The summed E-state index contributed by atoms with van der Waals surface area (Å²) in [7, 11) is 0. The molecular formula is C28H30FN3O2. The monoisotopic (exact) mass is 459 g/mol. The number of nitrogens with one attached hydrogen (secondary N) is 2. The summed E-state index contributed by atoms with van der Waals surface area (Å²) < 4.78 is 13.5. The number of halogens is 1. The third-order valence-electron chi connectivity index (χ3n) is 6.33. The van der Waals surface area contributed by atoms with Crippen LogP contribution in [0.15, 0.2) is 53.5 Å². The highest BCUT2D eigenvalue weighted by Gasteiger charge is 2.24. The van der Waals surface area contributed by atoms with E-state index in [4.69, 9.17) is 0 Å². The van der Waals surface area contributed by atoms with Gasteiger partial charge in [-0.25, -0.2) is 4.39 Å². The van der Waals surface area contributed by atoms with Crippen molar-refractivity contribution >= 4 is 11.5 Å². The minimum absolute atomic E-state index is 0.136. The molecule has 34 heavy (non-hydrogen) atoms. The minimum Gasteiger partial charge on any atom is -0.370 e. The molecule has 0 fully saturated rings. The molecule has 4 rings (SSSR count). The molecule has 0 atom stereocenters. The van der Waals surface area contributed by atoms with Gasteiger partial charge in [0, 0.05) is 42.2 Å². The molecule has 1 aliphatic rings. The van der Waals surface area contributed by atoms with Gasteiger partial charge >= 0.3 is 0 Å². The van der Waals surface area contributed by atoms with E-state index in [0.29, 0.717) is 23.7 Å². The Hall–Kier alpha value is -3.67. The summed E-state index contributed by atoms with van der Waals surface area (Å²) in [4.78, 5) is 30.9. The molecule has 2 aromatic carbocycles. The zero-order chi connectivity index (χ0) is 24.6. The maximum Gasteiger partial charge on any atom is 0.253 e. The van der Waals surface area contributed by atoms with Gasteiger partial charge < -0.3 is 15.2 Å². The van der Waals surface area contributed by atoms with Gasteiger partial charge in [-0.3, -0.25) is 9.59 Å². The van der Waals surface area contributed by atoms with Gasteiger partial charge in [-0.2, -0.15) is 0 Å². The summed E-state index contributed by atoms with van der Waals surface area (Å²) in [6, 6.07) is 12.4. The Morgan fingerprint density at radius 2 is 1.79 bits per heavy atom. The zero-order valence-corrected chi connectivity index (χ0v) is 20.3. The number of carbonyl (C=O) groups excluding carboxylic acids is 1. The van der Waals surface area contributed by atoms with Crippen molar-refractivity contribution < 1.29 is 9.18 Å². The van der Waals surface area contributed by atoms with Gasteiger partial charge in [-0.1, -0.05) is 12.1 Å². The molecular weight excluding hydrogens is 429 g/mol. The lowest BCUT2D eigenvalue weighted by Gasteiger charge is -2.32. The van der Waals surface area contributed by atoms with E-state index in [2.05, 4.69) is 41.3 Å². The van der Waals surface area contributed by atoms with Crippen LogP contribution in [0.25, 0.3) is 16.7 Å². The Bertz CT molecular complexity index is 1340. The van der Waals surface area contributed by atoms with Crippen LogP contribution in [0.3, 0.4) is 0 Å². The topological polar surface area (TPSA) is 65.2 Å². The number of allylic oxidation sites excluding steroid dienone is 1. The molecule has 5 nitrogen and oxygen atoms in total. The molecule has 2 heterocycles. The van der Waals surface area contributed by atoms with E-state index in [1.54, 1.807) is 12.1 Å². The third-order valence-corrected chi connectivity index (χ3v) is 6.33. The molecule has 1 aromatic heterocycles. The predicted molar refractivity (Wildman–Crippen MR) is 134 cm³/mol. The number of aromatic amines is 1. The molecule has 1 aliphatic heterocycles. The van der Waals surface area contributed by atoms with E-state index in [9.17, 15) is 14.0 Å². The second-order valence-electron chi connectivity index (χ2n) is 9.27.